The summed E-state index contributed by atoms with van der Waals surface area (Å²) >= 11 is 0. The monoisotopic (exact) mass is 1270 g/mol. The Balaban J connectivity index is 5.04. The standard InChI is InChI=1S/C67H130O17P2/c1-5-9-13-17-20-22-24-26-27-28-29-30-31-32-33-34-35-37-39-42-46-50-54-67(72)84-63(58-78-65(70)52-48-44-41-38-36-25-23-21-18-14-10-6-2)60-82-86(75,76)80-56-61(68)55-79-85(73,74)81-59-62(57-77-64(69)51-47-43-16-12-8-4)83-66(71)53-49-45-40-19-15-11-7-3/h61-63,68H,5-60H2,1-4H3,(H,73,74)(H,75,76)/t61-,62+,63+/m0/s1. The molecule has 510 valence electrons. The molecular formula is C67H130O17P2. The number of phosphoric acid groups is 2. The number of hydrogen-bond donors (Lipinski definition) is 3. The SMILES string of the molecule is CCCCCCCCCCCCCCCCCCCCCCCCC(=O)O[C@H](COC(=O)CCCCCCCCCCCCCC)COP(=O)(O)OC[C@@H](O)COP(=O)(O)OC[C@@H](COC(=O)CCCCCCC)OC(=O)CCCCCCCCC. The van der Waals surface area contributed by atoms with Crippen molar-refractivity contribution in [3.8, 4) is 0 Å². The van der Waals surface area contributed by atoms with Crippen molar-refractivity contribution in [2.75, 3.05) is 39.6 Å². The van der Waals surface area contributed by atoms with E-state index in [4.69, 9.17) is 37.0 Å². The quantitative estimate of drug-likeness (QED) is 0.0222. The summed E-state index contributed by atoms with van der Waals surface area (Å²) in [5.41, 5.74) is 0. The highest BCUT2D eigenvalue weighted by atomic mass is 31.2. The van der Waals surface area contributed by atoms with E-state index in [9.17, 15) is 43.2 Å². The van der Waals surface area contributed by atoms with Gasteiger partial charge in [-0.25, -0.2) is 9.13 Å². The zero-order chi connectivity index (χ0) is 63.3. The fraction of sp³-hybridized carbons (Fsp3) is 0.940. The topological polar surface area (TPSA) is 237 Å². The Morgan fingerprint density at radius 3 is 0.686 bits per heavy atom. The summed E-state index contributed by atoms with van der Waals surface area (Å²) in [4.78, 5) is 71.9. The minimum absolute atomic E-state index is 0.103. The highest BCUT2D eigenvalue weighted by Gasteiger charge is 2.30. The van der Waals surface area contributed by atoms with Crippen molar-refractivity contribution >= 4 is 39.5 Å². The summed E-state index contributed by atoms with van der Waals surface area (Å²) in [6, 6.07) is 0. The highest BCUT2D eigenvalue weighted by Crippen LogP contribution is 2.45. The Bertz CT molecular complexity index is 1650. The highest BCUT2D eigenvalue weighted by molar-refractivity contribution is 7.47. The van der Waals surface area contributed by atoms with Crippen LogP contribution in [0.4, 0.5) is 0 Å². The van der Waals surface area contributed by atoms with E-state index in [-0.39, 0.29) is 25.7 Å². The van der Waals surface area contributed by atoms with Crippen LogP contribution >= 0.6 is 15.6 Å². The van der Waals surface area contributed by atoms with Gasteiger partial charge in [-0.1, -0.05) is 297 Å². The number of unbranched alkanes of at least 4 members (excludes halogenated alkanes) is 42. The zero-order valence-corrected chi connectivity index (χ0v) is 57.1. The number of carbonyl (C=O) groups excluding carboxylic acids is 4. The van der Waals surface area contributed by atoms with E-state index >= 15 is 0 Å². The molecule has 17 nitrogen and oxygen atoms in total. The first-order valence-corrected chi connectivity index (χ1v) is 38.3. The van der Waals surface area contributed by atoms with Crippen LogP contribution in [0.2, 0.25) is 0 Å². The van der Waals surface area contributed by atoms with Crippen LogP contribution in [-0.2, 0) is 65.4 Å². The molecule has 0 aliphatic carbocycles. The molecule has 0 amide bonds. The molecule has 0 radical (unpaired) electrons. The fourth-order valence-electron chi connectivity index (χ4n) is 10.2. The maximum atomic E-state index is 13.0. The number of carbonyl (C=O) groups is 4. The third kappa shape index (κ3) is 60.9. The molecule has 0 saturated carbocycles. The Morgan fingerprint density at radius 2 is 0.465 bits per heavy atom. The Hall–Kier alpha value is -1.94. The van der Waals surface area contributed by atoms with E-state index in [1.165, 1.54) is 161 Å². The number of aliphatic hydroxyl groups is 1. The van der Waals surface area contributed by atoms with Gasteiger partial charge >= 0.3 is 39.5 Å². The van der Waals surface area contributed by atoms with Gasteiger partial charge in [0.25, 0.3) is 0 Å². The largest absolute Gasteiger partial charge is 0.472 e. The van der Waals surface area contributed by atoms with E-state index in [0.29, 0.717) is 25.7 Å². The lowest BCUT2D eigenvalue weighted by Gasteiger charge is -2.21. The smallest absolute Gasteiger partial charge is 0.462 e. The van der Waals surface area contributed by atoms with E-state index < -0.39 is 97.5 Å². The van der Waals surface area contributed by atoms with Crippen molar-refractivity contribution in [3.05, 3.63) is 0 Å². The van der Waals surface area contributed by atoms with Gasteiger partial charge < -0.3 is 33.8 Å². The third-order valence-corrected chi connectivity index (χ3v) is 17.5. The third-order valence-electron chi connectivity index (χ3n) is 15.6. The van der Waals surface area contributed by atoms with Gasteiger partial charge in [0.2, 0.25) is 0 Å². The van der Waals surface area contributed by atoms with Crippen molar-refractivity contribution < 1.29 is 80.2 Å². The van der Waals surface area contributed by atoms with Gasteiger partial charge in [-0.15, -0.1) is 0 Å². The van der Waals surface area contributed by atoms with Gasteiger partial charge in [-0.3, -0.25) is 37.3 Å². The molecule has 19 heteroatoms. The molecular weight excluding hydrogens is 1140 g/mol. The van der Waals surface area contributed by atoms with Gasteiger partial charge in [-0.2, -0.15) is 0 Å². The number of aliphatic hydroxyl groups excluding tert-OH is 1. The average Bonchev–Trinajstić information content (AvgIpc) is 3.64. The van der Waals surface area contributed by atoms with Gasteiger partial charge in [0.15, 0.2) is 12.2 Å². The number of rotatable bonds is 68. The summed E-state index contributed by atoms with van der Waals surface area (Å²) in [5.74, 6) is -2.14. The molecule has 0 aliphatic rings. The lowest BCUT2D eigenvalue weighted by atomic mass is 10.0. The first-order chi connectivity index (χ1) is 41.7. The summed E-state index contributed by atoms with van der Waals surface area (Å²) in [7, 11) is -9.87. The lowest BCUT2D eigenvalue weighted by molar-refractivity contribution is -0.161. The number of phosphoric ester groups is 2. The molecule has 5 atom stereocenters. The van der Waals surface area contributed by atoms with Crippen LogP contribution < -0.4 is 0 Å². The van der Waals surface area contributed by atoms with E-state index in [2.05, 4.69) is 27.7 Å². The van der Waals surface area contributed by atoms with Gasteiger partial charge in [0, 0.05) is 25.7 Å². The van der Waals surface area contributed by atoms with Crippen LogP contribution in [0.3, 0.4) is 0 Å². The van der Waals surface area contributed by atoms with Gasteiger partial charge in [0.1, 0.15) is 19.3 Å². The van der Waals surface area contributed by atoms with Crippen molar-refractivity contribution in [1.82, 2.24) is 0 Å². The maximum absolute atomic E-state index is 13.0. The molecule has 0 bridgehead atoms. The summed E-state index contributed by atoms with van der Waals surface area (Å²) in [6.45, 7) is 4.78. The second-order valence-electron chi connectivity index (χ2n) is 24.2. The molecule has 3 N–H and O–H groups in total. The van der Waals surface area contributed by atoms with Crippen molar-refractivity contribution in [2.45, 2.75) is 367 Å². The second kappa shape index (κ2) is 61.9. The summed E-state index contributed by atoms with van der Waals surface area (Å²) in [6.07, 6.45) is 49.3. The zero-order valence-electron chi connectivity index (χ0n) is 55.3. The minimum Gasteiger partial charge on any atom is -0.462 e. The van der Waals surface area contributed by atoms with Crippen LogP contribution in [0.25, 0.3) is 0 Å². The molecule has 0 aromatic rings. The molecule has 0 spiro atoms. The van der Waals surface area contributed by atoms with Crippen LogP contribution in [0.5, 0.6) is 0 Å². The molecule has 2 unspecified atom stereocenters. The predicted octanol–water partition coefficient (Wildman–Crippen LogP) is 19.1. The predicted molar refractivity (Wildman–Crippen MR) is 345 cm³/mol. The second-order valence-corrected chi connectivity index (χ2v) is 27.1. The molecule has 0 heterocycles. The van der Waals surface area contributed by atoms with E-state index in [1.807, 2.05) is 0 Å². The molecule has 0 saturated heterocycles. The van der Waals surface area contributed by atoms with E-state index in [0.717, 1.165) is 109 Å². The van der Waals surface area contributed by atoms with Crippen molar-refractivity contribution in [3.63, 3.8) is 0 Å². The van der Waals surface area contributed by atoms with E-state index in [1.54, 1.807) is 0 Å². The molecule has 0 rings (SSSR count). The van der Waals surface area contributed by atoms with Crippen LogP contribution in [0, 0.1) is 0 Å². The average molecular weight is 1270 g/mol. The Kier molecular flexibility index (Phi) is 60.5. The normalized spacial score (nSPS) is 14.1. The number of esters is 4. The molecule has 86 heavy (non-hydrogen) atoms. The van der Waals surface area contributed by atoms with Gasteiger partial charge in [-0.05, 0) is 25.7 Å². The van der Waals surface area contributed by atoms with Crippen molar-refractivity contribution in [1.29, 1.82) is 0 Å². The Labute approximate surface area is 524 Å². The van der Waals surface area contributed by atoms with Gasteiger partial charge in [0.05, 0.1) is 26.4 Å². The summed E-state index contributed by atoms with van der Waals surface area (Å²) < 4.78 is 67.8. The summed E-state index contributed by atoms with van der Waals surface area (Å²) in [5, 5.41) is 10.5. The number of hydrogen-bond acceptors (Lipinski definition) is 15. The van der Waals surface area contributed by atoms with Crippen molar-refractivity contribution in [2.24, 2.45) is 0 Å². The first kappa shape index (κ1) is 84.1. The molecule has 0 aromatic heterocycles. The maximum Gasteiger partial charge on any atom is 0.472 e. The lowest BCUT2D eigenvalue weighted by Crippen LogP contribution is -2.30. The van der Waals surface area contributed by atoms with Crippen LogP contribution in [0.1, 0.15) is 349 Å². The Morgan fingerprint density at radius 1 is 0.279 bits per heavy atom. The minimum atomic E-state index is -4.94. The van der Waals surface area contributed by atoms with Crippen LogP contribution in [0.15, 0.2) is 0 Å². The molecule has 0 aliphatic heterocycles. The number of ether oxygens (including phenoxy) is 4. The van der Waals surface area contributed by atoms with Crippen LogP contribution in [-0.4, -0.2) is 96.7 Å². The molecule has 0 fully saturated rings. The molecule has 0 aromatic carbocycles. The first-order valence-electron chi connectivity index (χ1n) is 35.3. The fourth-order valence-corrected chi connectivity index (χ4v) is 11.7.